The first-order valence-electron chi connectivity index (χ1n) is 6.52. The molecule has 0 unspecified atom stereocenters. The first-order valence-corrected chi connectivity index (χ1v) is 6.52. The second-order valence-corrected chi connectivity index (χ2v) is 4.25. The molecule has 0 radical (unpaired) electrons. The molecule has 0 heterocycles. The summed E-state index contributed by atoms with van der Waals surface area (Å²) in [5.74, 6) is 0.0447. The van der Waals surface area contributed by atoms with Crippen LogP contribution in [-0.2, 0) is 4.79 Å². The average molecular weight is 226 g/mol. The molecule has 0 saturated carbocycles. The summed E-state index contributed by atoms with van der Waals surface area (Å²) in [6, 6.07) is 0. The number of hydrogen-bond acceptors (Lipinski definition) is 2. The first-order chi connectivity index (χ1) is 7.70. The van der Waals surface area contributed by atoms with Crippen molar-refractivity contribution in [3.05, 3.63) is 0 Å². The van der Waals surface area contributed by atoms with Gasteiger partial charge in [-0.3, -0.25) is 4.79 Å². The SMILES string of the molecule is CCCCCCCCC(=O)NN=C(C)CC. The molecule has 0 bridgehead atoms. The van der Waals surface area contributed by atoms with Crippen molar-refractivity contribution in [1.82, 2.24) is 5.43 Å². The number of hydrazone groups is 1. The van der Waals surface area contributed by atoms with Crippen LogP contribution < -0.4 is 5.43 Å². The maximum absolute atomic E-state index is 11.3. The highest BCUT2D eigenvalue weighted by Gasteiger charge is 1.99. The molecule has 0 atom stereocenters. The highest BCUT2D eigenvalue weighted by molar-refractivity contribution is 5.84. The fraction of sp³-hybridized carbons (Fsp3) is 0.846. The highest BCUT2D eigenvalue weighted by atomic mass is 16.2. The fourth-order valence-corrected chi connectivity index (χ4v) is 1.36. The first kappa shape index (κ1) is 15.1. The predicted molar refractivity (Wildman–Crippen MR) is 69.5 cm³/mol. The zero-order valence-corrected chi connectivity index (χ0v) is 11.0. The van der Waals surface area contributed by atoms with Gasteiger partial charge in [-0.15, -0.1) is 0 Å². The van der Waals surface area contributed by atoms with Gasteiger partial charge in [-0.25, -0.2) is 5.43 Å². The van der Waals surface area contributed by atoms with Crippen molar-refractivity contribution in [2.45, 2.75) is 72.1 Å². The third-order valence-corrected chi connectivity index (χ3v) is 2.64. The highest BCUT2D eigenvalue weighted by Crippen LogP contribution is 2.06. The van der Waals surface area contributed by atoms with Crippen LogP contribution in [0.3, 0.4) is 0 Å². The molecule has 3 nitrogen and oxygen atoms in total. The molecule has 94 valence electrons. The van der Waals surface area contributed by atoms with E-state index in [1.165, 1.54) is 25.7 Å². The average Bonchev–Trinajstić information content (AvgIpc) is 2.30. The molecule has 1 amide bonds. The zero-order chi connectivity index (χ0) is 12.2. The predicted octanol–water partition coefficient (Wildman–Crippen LogP) is 3.64. The maximum atomic E-state index is 11.3. The van der Waals surface area contributed by atoms with E-state index < -0.39 is 0 Å². The van der Waals surface area contributed by atoms with Crippen LogP contribution in [0.15, 0.2) is 5.10 Å². The van der Waals surface area contributed by atoms with E-state index in [-0.39, 0.29) is 5.91 Å². The van der Waals surface area contributed by atoms with E-state index in [2.05, 4.69) is 17.5 Å². The smallest absolute Gasteiger partial charge is 0.240 e. The molecule has 0 aromatic rings. The van der Waals surface area contributed by atoms with Crippen LogP contribution in [0.1, 0.15) is 72.1 Å². The van der Waals surface area contributed by atoms with E-state index in [4.69, 9.17) is 0 Å². The summed E-state index contributed by atoms with van der Waals surface area (Å²) in [4.78, 5) is 11.3. The largest absolute Gasteiger partial charge is 0.273 e. The summed E-state index contributed by atoms with van der Waals surface area (Å²) >= 11 is 0. The van der Waals surface area contributed by atoms with Crippen molar-refractivity contribution in [3.63, 3.8) is 0 Å². The second-order valence-electron chi connectivity index (χ2n) is 4.25. The Morgan fingerprint density at radius 2 is 1.69 bits per heavy atom. The van der Waals surface area contributed by atoms with Gasteiger partial charge >= 0.3 is 0 Å². The van der Waals surface area contributed by atoms with Crippen molar-refractivity contribution < 1.29 is 4.79 Å². The molecule has 0 aromatic heterocycles. The third-order valence-electron chi connectivity index (χ3n) is 2.64. The van der Waals surface area contributed by atoms with Crippen LogP contribution in [-0.4, -0.2) is 11.6 Å². The van der Waals surface area contributed by atoms with E-state index in [9.17, 15) is 4.79 Å². The molecule has 3 heteroatoms. The van der Waals surface area contributed by atoms with Gasteiger partial charge in [0.05, 0.1) is 0 Å². The van der Waals surface area contributed by atoms with Crippen molar-refractivity contribution in [2.75, 3.05) is 0 Å². The molecule has 16 heavy (non-hydrogen) atoms. The van der Waals surface area contributed by atoms with Crippen LogP contribution in [0, 0.1) is 0 Å². The Balaban J connectivity index is 3.37. The Morgan fingerprint density at radius 3 is 2.31 bits per heavy atom. The fourth-order valence-electron chi connectivity index (χ4n) is 1.36. The van der Waals surface area contributed by atoms with Gasteiger partial charge in [0.2, 0.25) is 5.91 Å². The van der Waals surface area contributed by atoms with Crippen LogP contribution in [0.5, 0.6) is 0 Å². The van der Waals surface area contributed by atoms with Crippen molar-refractivity contribution in [1.29, 1.82) is 0 Å². The quantitative estimate of drug-likeness (QED) is 0.364. The zero-order valence-electron chi connectivity index (χ0n) is 11.0. The van der Waals surface area contributed by atoms with E-state index in [0.29, 0.717) is 6.42 Å². The van der Waals surface area contributed by atoms with Crippen molar-refractivity contribution in [3.8, 4) is 0 Å². The molecule has 0 spiro atoms. The van der Waals surface area contributed by atoms with Crippen LogP contribution >= 0.6 is 0 Å². The van der Waals surface area contributed by atoms with Crippen molar-refractivity contribution in [2.24, 2.45) is 5.10 Å². The summed E-state index contributed by atoms with van der Waals surface area (Å²) in [6.45, 7) is 6.16. The number of amides is 1. The van der Waals surface area contributed by atoms with E-state index in [0.717, 1.165) is 25.0 Å². The minimum atomic E-state index is 0.0447. The number of nitrogens with one attached hydrogen (secondary N) is 1. The van der Waals surface area contributed by atoms with E-state index in [1.54, 1.807) is 0 Å². The van der Waals surface area contributed by atoms with E-state index >= 15 is 0 Å². The second kappa shape index (κ2) is 10.7. The molecule has 0 aliphatic rings. The number of nitrogens with zero attached hydrogens (tertiary/aromatic N) is 1. The van der Waals surface area contributed by atoms with Crippen LogP contribution in [0.25, 0.3) is 0 Å². The Morgan fingerprint density at radius 1 is 1.06 bits per heavy atom. The molecular formula is C13H26N2O. The van der Waals surface area contributed by atoms with Crippen molar-refractivity contribution >= 4 is 11.6 Å². The molecule has 1 N–H and O–H groups in total. The lowest BCUT2D eigenvalue weighted by molar-refractivity contribution is -0.121. The van der Waals surface area contributed by atoms with Gasteiger partial charge in [-0.1, -0.05) is 46.0 Å². The van der Waals surface area contributed by atoms with Gasteiger partial charge in [0.25, 0.3) is 0 Å². The van der Waals surface area contributed by atoms with Crippen LogP contribution in [0.2, 0.25) is 0 Å². The Bertz CT molecular complexity index is 212. The number of unbranched alkanes of at least 4 members (excludes halogenated alkanes) is 5. The molecule has 0 aliphatic heterocycles. The lowest BCUT2D eigenvalue weighted by atomic mass is 10.1. The normalized spacial score (nSPS) is 11.6. The maximum Gasteiger partial charge on any atom is 0.240 e. The molecule has 0 saturated heterocycles. The molecule has 0 rings (SSSR count). The minimum Gasteiger partial charge on any atom is -0.273 e. The standard InChI is InChI=1S/C13H26N2O/c1-4-6-7-8-9-10-11-13(16)15-14-12(3)5-2/h4-11H2,1-3H3,(H,15,16). The van der Waals surface area contributed by atoms with Gasteiger partial charge in [0, 0.05) is 12.1 Å². The van der Waals surface area contributed by atoms with Gasteiger partial charge in [0.1, 0.15) is 0 Å². The number of hydrogen-bond donors (Lipinski definition) is 1. The third kappa shape index (κ3) is 9.69. The number of carbonyl (C=O) groups excluding carboxylic acids is 1. The Labute approximate surface area is 99.7 Å². The van der Waals surface area contributed by atoms with Gasteiger partial charge in [-0.05, 0) is 19.8 Å². The van der Waals surface area contributed by atoms with Gasteiger partial charge < -0.3 is 0 Å². The lowest BCUT2D eigenvalue weighted by Gasteiger charge is -2.01. The Kier molecular flexibility index (Phi) is 10.1. The Hall–Kier alpha value is -0.860. The minimum absolute atomic E-state index is 0.0447. The summed E-state index contributed by atoms with van der Waals surface area (Å²) in [5.41, 5.74) is 3.55. The molecule has 0 fully saturated rings. The number of carbonyl (C=O) groups is 1. The van der Waals surface area contributed by atoms with Gasteiger partial charge in [-0.2, -0.15) is 5.10 Å². The van der Waals surface area contributed by atoms with Gasteiger partial charge in [0.15, 0.2) is 0 Å². The van der Waals surface area contributed by atoms with E-state index in [1.807, 2.05) is 13.8 Å². The lowest BCUT2D eigenvalue weighted by Crippen LogP contribution is -2.18. The molecule has 0 aromatic carbocycles. The summed E-state index contributed by atoms with van der Waals surface area (Å²) in [6.07, 6.45) is 8.76. The monoisotopic (exact) mass is 226 g/mol. The molecular weight excluding hydrogens is 200 g/mol. The molecule has 0 aliphatic carbocycles. The number of rotatable bonds is 9. The van der Waals surface area contributed by atoms with Crippen LogP contribution in [0.4, 0.5) is 0 Å². The topological polar surface area (TPSA) is 41.5 Å². The summed E-state index contributed by atoms with van der Waals surface area (Å²) in [5, 5.41) is 3.99. The summed E-state index contributed by atoms with van der Waals surface area (Å²) in [7, 11) is 0. The summed E-state index contributed by atoms with van der Waals surface area (Å²) < 4.78 is 0.